The minimum absolute atomic E-state index is 0.190. The predicted octanol–water partition coefficient (Wildman–Crippen LogP) is 3.78. The van der Waals surface area contributed by atoms with Crippen LogP contribution >= 0.6 is 0 Å². The highest BCUT2D eigenvalue weighted by Crippen LogP contribution is 2.24. The Morgan fingerprint density at radius 2 is 1.68 bits per heavy atom. The van der Waals surface area contributed by atoms with Crippen LogP contribution in [0.4, 0.5) is 4.39 Å². The first kappa shape index (κ1) is 11.8. The van der Waals surface area contributed by atoms with E-state index in [-0.39, 0.29) is 5.82 Å². The summed E-state index contributed by atoms with van der Waals surface area (Å²) in [5.74, 6) is -0.190. The Morgan fingerprint density at radius 1 is 0.947 bits per heavy atom. The van der Waals surface area contributed by atoms with Gasteiger partial charge in [0.25, 0.3) is 0 Å². The second kappa shape index (κ2) is 4.47. The van der Waals surface area contributed by atoms with Crippen molar-refractivity contribution >= 4 is 10.8 Å². The summed E-state index contributed by atoms with van der Waals surface area (Å²) in [6.45, 7) is 1.94. The van der Waals surface area contributed by atoms with Crippen LogP contribution < -0.4 is 4.57 Å². The minimum Gasteiger partial charge on any atom is -0.207 e. The van der Waals surface area contributed by atoms with Crippen molar-refractivity contribution in [2.45, 2.75) is 6.92 Å². The van der Waals surface area contributed by atoms with Crippen LogP contribution in [0.15, 0.2) is 54.7 Å². The molecule has 2 heteroatoms. The van der Waals surface area contributed by atoms with E-state index in [0.717, 1.165) is 16.8 Å². The molecular weight excluding hydrogens is 237 g/mol. The largest absolute Gasteiger partial charge is 0.213 e. The SMILES string of the molecule is Cc1cc(F)ccc1-c1cc2ccccc2c[n+]1C. The molecule has 1 nitrogen and oxygen atoms in total. The van der Waals surface area contributed by atoms with Gasteiger partial charge in [-0.05, 0) is 42.1 Å². The van der Waals surface area contributed by atoms with Crippen molar-refractivity contribution in [1.82, 2.24) is 0 Å². The molecule has 1 aromatic heterocycles. The number of rotatable bonds is 1. The van der Waals surface area contributed by atoms with Crippen molar-refractivity contribution in [1.29, 1.82) is 0 Å². The molecule has 0 spiro atoms. The number of hydrogen-bond donors (Lipinski definition) is 0. The van der Waals surface area contributed by atoms with E-state index in [4.69, 9.17) is 0 Å². The summed E-state index contributed by atoms with van der Waals surface area (Å²) in [6, 6.07) is 15.3. The highest BCUT2D eigenvalue weighted by molar-refractivity contribution is 5.84. The molecule has 0 saturated carbocycles. The van der Waals surface area contributed by atoms with E-state index in [9.17, 15) is 4.39 Å². The van der Waals surface area contributed by atoms with Gasteiger partial charge in [0.2, 0.25) is 5.69 Å². The summed E-state index contributed by atoms with van der Waals surface area (Å²) in [5, 5.41) is 2.40. The number of nitrogens with zero attached hydrogens (tertiary/aromatic N) is 1. The van der Waals surface area contributed by atoms with E-state index in [2.05, 4.69) is 29.0 Å². The lowest BCUT2D eigenvalue weighted by molar-refractivity contribution is -0.659. The monoisotopic (exact) mass is 252 g/mol. The Kier molecular flexibility index (Phi) is 2.79. The van der Waals surface area contributed by atoms with E-state index < -0.39 is 0 Å². The van der Waals surface area contributed by atoms with Crippen LogP contribution in [0, 0.1) is 12.7 Å². The van der Waals surface area contributed by atoms with Crippen LogP contribution in [0.3, 0.4) is 0 Å². The number of halogens is 1. The number of benzene rings is 2. The van der Waals surface area contributed by atoms with E-state index in [1.54, 1.807) is 6.07 Å². The van der Waals surface area contributed by atoms with Crippen molar-refractivity contribution in [3.05, 3.63) is 66.1 Å². The quantitative estimate of drug-likeness (QED) is 0.580. The summed E-state index contributed by atoms with van der Waals surface area (Å²) in [6.07, 6.45) is 2.10. The molecule has 0 aliphatic heterocycles. The molecular formula is C17H15FN+. The van der Waals surface area contributed by atoms with Gasteiger partial charge in [-0.15, -0.1) is 0 Å². The predicted molar refractivity (Wildman–Crippen MR) is 75.3 cm³/mol. The van der Waals surface area contributed by atoms with Crippen LogP contribution in [0.5, 0.6) is 0 Å². The van der Waals surface area contributed by atoms with Crippen molar-refractivity contribution in [2.75, 3.05) is 0 Å². The molecule has 0 unspecified atom stereocenters. The van der Waals surface area contributed by atoms with E-state index >= 15 is 0 Å². The molecule has 19 heavy (non-hydrogen) atoms. The molecule has 0 bridgehead atoms. The van der Waals surface area contributed by atoms with Crippen LogP contribution in [0.25, 0.3) is 22.0 Å². The van der Waals surface area contributed by atoms with Crippen LogP contribution in [0.2, 0.25) is 0 Å². The molecule has 0 aliphatic carbocycles. The number of aromatic nitrogens is 1. The first-order chi connectivity index (χ1) is 9.15. The molecule has 0 fully saturated rings. The Labute approximate surface area is 111 Å². The minimum atomic E-state index is -0.190. The Hall–Kier alpha value is -2.22. The maximum Gasteiger partial charge on any atom is 0.213 e. The fourth-order valence-electron chi connectivity index (χ4n) is 2.47. The van der Waals surface area contributed by atoms with Gasteiger partial charge in [0, 0.05) is 17.0 Å². The Bertz CT molecular complexity index is 762. The van der Waals surface area contributed by atoms with Gasteiger partial charge in [0.1, 0.15) is 12.9 Å². The van der Waals surface area contributed by atoms with Crippen molar-refractivity contribution in [2.24, 2.45) is 7.05 Å². The molecule has 0 radical (unpaired) electrons. The number of hydrogen-bond acceptors (Lipinski definition) is 0. The molecule has 94 valence electrons. The van der Waals surface area contributed by atoms with Gasteiger partial charge in [0.05, 0.1) is 0 Å². The fraction of sp³-hybridized carbons (Fsp3) is 0.118. The van der Waals surface area contributed by atoms with Gasteiger partial charge in [-0.1, -0.05) is 18.2 Å². The summed E-state index contributed by atoms with van der Waals surface area (Å²) in [5.41, 5.74) is 3.11. The summed E-state index contributed by atoms with van der Waals surface area (Å²) < 4.78 is 15.3. The second-order valence-corrected chi connectivity index (χ2v) is 4.86. The van der Waals surface area contributed by atoms with Gasteiger partial charge in [0.15, 0.2) is 6.20 Å². The van der Waals surface area contributed by atoms with Gasteiger partial charge in [-0.2, -0.15) is 0 Å². The number of aryl methyl sites for hydroxylation is 2. The summed E-state index contributed by atoms with van der Waals surface area (Å²) in [7, 11) is 2.02. The van der Waals surface area contributed by atoms with Crippen LogP contribution in [-0.4, -0.2) is 0 Å². The lowest BCUT2D eigenvalue weighted by atomic mass is 10.0. The molecule has 0 amide bonds. The van der Waals surface area contributed by atoms with Crippen molar-refractivity contribution < 1.29 is 8.96 Å². The number of fused-ring (bicyclic) bond motifs is 1. The lowest BCUT2D eigenvalue weighted by Crippen LogP contribution is -2.30. The molecule has 2 aromatic carbocycles. The lowest BCUT2D eigenvalue weighted by Gasteiger charge is -2.06. The van der Waals surface area contributed by atoms with E-state index in [1.807, 2.05) is 32.2 Å². The van der Waals surface area contributed by atoms with Crippen molar-refractivity contribution in [3.63, 3.8) is 0 Å². The Morgan fingerprint density at radius 3 is 2.42 bits per heavy atom. The molecule has 0 saturated heterocycles. The average molecular weight is 252 g/mol. The van der Waals surface area contributed by atoms with Crippen LogP contribution in [0.1, 0.15) is 5.56 Å². The second-order valence-electron chi connectivity index (χ2n) is 4.86. The van der Waals surface area contributed by atoms with E-state index in [1.165, 1.54) is 16.8 Å². The standard InChI is InChI=1S/C17H15FN/c1-12-9-15(18)7-8-16(12)17-10-13-5-3-4-6-14(13)11-19(17)2/h3-11H,1-2H3/q+1. The van der Waals surface area contributed by atoms with Gasteiger partial charge in [-0.25, -0.2) is 8.96 Å². The molecule has 0 aliphatic rings. The fourth-order valence-corrected chi connectivity index (χ4v) is 2.47. The molecule has 0 N–H and O–H groups in total. The highest BCUT2D eigenvalue weighted by atomic mass is 19.1. The van der Waals surface area contributed by atoms with Crippen molar-refractivity contribution in [3.8, 4) is 11.3 Å². The summed E-state index contributed by atoms with van der Waals surface area (Å²) >= 11 is 0. The van der Waals surface area contributed by atoms with Gasteiger partial charge < -0.3 is 0 Å². The zero-order chi connectivity index (χ0) is 13.4. The van der Waals surface area contributed by atoms with Gasteiger partial charge >= 0.3 is 0 Å². The normalized spacial score (nSPS) is 10.9. The maximum absolute atomic E-state index is 13.2. The molecule has 3 aromatic rings. The third-order valence-corrected chi connectivity index (χ3v) is 3.47. The maximum atomic E-state index is 13.2. The highest BCUT2D eigenvalue weighted by Gasteiger charge is 2.14. The zero-order valence-corrected chi connectivity index (χ0v) is 11.0. The Balaban J connectivity index is 2.27. The molecule has 1 heterocycles. The summed E-state index contributed by atoms with van der Waals surface area (Å²) in [4.78, 5) is 0. The van der Waals surface area contributed by atoms with Crippen LogP contribution in [-0.2, 0) is 7.05 Å². The molecule has 3 rings (SSSR count). The van der Waals surface area contributed by atoms with E-state index in [0.29, 0.717) is 0 Å². The zero-order valence-electron chi connectivity index (χ0n) is 11.0. The first-order valence-electron chi connectivity index (χ1n) is 6.30. The third-order valence-electron chi connectivity index (χ3n) is 3.47. The third kappa shape index (κ3) is 2.10. The number of pyridine rings is 1. The topological polar surface area (TPSA) is 3.88 Å². The smallest absolute Gasteiger partial charge is 0.207 e. The molecule has 0 atom stereocenters. The first-order valence-corrected chi connectivity index (χ1v) is 6.30. The van der Waals surface area contributed by atoms with Gasteiger partial charge in [-0.3, -0.25) is 0 Å². The average Bonchev–Trinajstić information content (AvgIpc) is 2.38.